The third-order valence-corrected chi connectivity index (χ3v) is 8.00. The van der Waals surface area contributed by atoms with Crippen molar-refractivity contribution >= 4 is 15.7 Å². The molecule has 1 saturated heterocycles. The number of rotatable bonds is 8. The molecular weight excluding hydrogens is 464 g/mol. The minimum Gasteiger partial charge on any atom is -0.424 e. The van der Waals surface area contributed by atoms with Crippen LogP contribution < -0.4 is 14.4 Å². The van der Waals surface area contributed by atoms with Crippen LogP contribution in [0.5, 0.6) is 11.8 Å². The quantitative estimate of drug-likeness (QED) is 0.508. The van der Waals surface area contributed by atoms with Gasteiger partial charge in [-0.25, -0.2) is 13.1 Å². The number of likely N-dealkylation sites (N-methyl/N-ethyl adjacent to an activating group) is 1. The first kappa shape index (κ1) is 25.2. The number of nitrogens with zero attached hydrogens (tertiary/aromatic N) is 5. The van der Waals surface area contributed by atoms with Crippen molar-refractivity contribution in [2.24, 2.45) is 0 Å². The summed E-state index contributed by atoms with van der Waals surface area (Å²) in [5, 5.41) is 8.48. The van der Waals surface area contributed by atoms with Gasteiger partial charge in [-0.15, -0.1) is 5.10 Å². The predicted molar refractivity (Wildman–Crippen MR) is 137 cm³/mol. The number of aromatic nitrogens is 3. The van der Waals surface area contributed by atoms with E-state index in [9.17, 15) is 8.42 Å². The van der Waals surface area contributed by atoms with Crippen LogP contribution in [0.15, 0.2) is 47.4 Å². The van der Waals surface area contributed by atoms with E-state index in [1.807, 2.05) is 45.0 Å². The number of sulfonamides is 1. The summed E-state index contributed by atoms with van der Waals surface area (Å²) in [5.41, 5.74) is 3.07. The fourth-order valence-electron chi connectivity index (χ4n) is 4.14. The highest BCUT2D eigenvalue weighted by molar-refractivity contribution is 7.89. The summed E-state index contributed by atoms with van der Waals surface area (Å²) in [4.78, 5) is 4.89. The maximum atomic E-state index is 13.0. The Morgan fingerprint density at radius 3 is 2.46 bits per heavy atom. The Morgan fingerprint density at radius 2 is 1.77 bits per heavy atom. The largest absolute Gasteiger partial charge is 0.424 e. The van der Waals surface area contributed by atoms with Gasteiger partial charge in [0, 0.05) is 44.5 Å². The van der Waals surface area contributed by atoms with Gasteiger partial charge in [0.25, 0.3) is 0 Å². The van der Waals surface area contributed by atoms with Crippen molar-refractivity contribution in [3.8, 4) is 11.8 Å². The van der Waals surface area contributed by atoms with Crippen molar-refractivity contribution < 1.29 is 13.2 Å². The molecule has 1 N–H and O–H groups in total. The second-order valence-electron chi connectivity index (χ2n) is 9.06. The van der Waals surface area contributed by atoms with Gasteiger partial charge in [-0.2, -0.15) is 0 Å². The number of aryl methyl sites for hydroxylation is 2. The fraction of sp³-hybridized carbons (Fsp3) is 0.440. The van der Waals surface area contributed by atoms with Gasteiger partial charge in [0.1, 0.15) is 5.75 Å². The van der Waals surface area contributed by atoms with E-state index >= 15 is 0 Å². The van der Waals surface area contributed by atoms with Gasteiger partial charge in [-0.05, 0) is 70.1 Å². The molecule has 1 aliphatic rings. The molecule has 188 valence electrons. The summed E-state index contributed by atoms with van der Waals surface area (Å²) < 4.78 is 36.6. The normalized spacial score (nSPS) is 15.9. The first-order valence-electron chi connectivity index (χ1n) is 11.9. The molecule has 1 aliphatic heterocycles. The van der Waals surface area contributed by atoms with Crippen LogP contribution in [0.2, 0.25) is 0 Å². The number of benzene rings is 2. The Hall–Kier alpha value is -2.95. The van der Waals surface area contributed by atoms with Crippen molar-refractivity contribution in [1.29, 1.82) is 0 Å². The summed E-state index contributed by atoms with van der Waals surface area (Å²) in [5.74, 6) is 1.16. The molecule has 1 aromatic heterocycles. The molecule has 0 aliphatic carbocycles. The number of nitrogens with one attached hydrogen (secondary N) is 1. The lowest BCUT2D eigenvalue weighted by Crippen LogP contribution is -2.44. The molecule has 35 heavy (non-hydrogen) atoms. The van der Waals surface area contributed by atoms with Crippen LogP contribution in [0, 0.1) is 13.8 Å². The van der Waals surface area contributed by atoms with E-state index in [0.29, 0.717) is 24.1 Å². The van der Waals surface area contributed by atoms with Gasteiger partial charge in [-0.1, -0.05) is 17.2 Å². The fourth-order valence-corrected chi connectivity index (χ4v) is 5.43. The molecule has 2 heterocycles. The zero-order valence-corrected chi connectivity index (χ0v) is 21.8. The summed E-state index contributed by atoms with van der Waals surface area (Å²) >= 11 is 0. The van der Waals surface area contributed by atoms with Gasteiger partial charge in [0.2, 0.25) is 10.0 Å². The summed E-state index contributed by atoms with van der Waals surface area (Å²) in [6.07, 6.45) is 0. The number of hydrogen-bond acceptors (Lipinski definition) is 7. The Bertz CT molecular complexity index is 1280. The van der Waals surface area contributed by atoms with E-state index in [2.05, 4.69) is 37.8 Å². The van der Waals surface area contributed by atoms with E-state index in [-0.39, 0.29) is 4.90 Å². The average molecular weight is 499 g/mol. The van der Waals surface area contributed by atoms with Crippen LogP contribution in [0.25, 0.3) is 0 Å². The Kier molecular flexibility index (Phi) is 7.44. The molecular formula is C25H34N6O3S. The van der Waals surface area contributed by atoms with Crippen LogP contribution in [0.4, 0.5) is 5.69 Å². The van der Waals surface area contributed by atoms with Crippen LogP contribution in [-0.4, -0.2) is 61.3 Å². The SMILES string of the molecule is CCn1c(Oc2cccc(N3CCN(C)CC3)c2)nnc1[C@@H](C)NS(=O)(=O)c1ccc(C)c(C)c1. The van der Waals surface area contributed by atoms with E-state index < -0.39 is 16.1 Å². The molecule has 0 radical (unpaired) electrons. The average Bonchev–Trinajstić information content (AvgIpc) is 3.23. The maximum absolute atomic E-state index is 13.0. The minimum atomic E-state index is -3.72. The van der Waals surface area contributed by atoms with Gasteiger partial charge in [0.05, 0.1) is 10.9 Å². The molecule has 2 aromatic carbocycles. The van der Waals surface area contributed by atoms with E-state index in [4.69, 9.17) is 4.74 Å². The van der Waals surface area contributed by atoms with Crippen molar-refractivity contribution in [3.63, 3.8) is 0 Å². The zero-order chi connectivity index (χ0) is 25.2. The highest BCUT2D eigenvalue weighted by Crippen LogP contribution is 2.28. The lowest BCUT2D eigenvalue weighted by atomic mass is 10.1. The molecule has 3 aromatic rings. The number of hydrogen-bond donors (Lipinski definition) is 1. The van der Waals surface area contributed by atoms with E-state index in [1.165, 1.54) is 0 Å². The van der Waals surface area contributed by atoms with Crippen LogP contribution in [-0.2, 0) is 16.6 Å². The molecule has 0 spiro atoms. The molecule has 10 heteroatoms. The van der Waals surface area contributed by atoms with Crippen molar-refractivity contribution in [1.82, 2.24) is 24.4 Å². The molecule has 1 atom stereocenters. The molecule has 0 bridgehead atoms. The highest BCUT2D eigenvalue weighted by atomic mass is 32.2. The van der Waals surface area contributed by atoms with Crippen LogP contribution in [0.1, 0.15) is 36.8 Å². The predicted octanol–water partition coefficient (Wildman–Crippen LogP) is 3.50. The first-order valence-corrected chi connectivity index (χ1v) is 13.4. The standard InChI is InChI=1S/C25H34N6O3S/c1-6-31-24(20(4)28-35(32,33)23-11-10-18(2)19(3)16-23)26-27-25(31)34-22-9-7-8-21(17-22)30-14-12-29(5)13-15-30/h7-11,16-17,20,28H,6,12-15H2,1-5H3/t20-/m1/s1. The number of ether oxygens (including phenoxy) is 1. The molecule has 0 amide bonds. The van der Waals surface area contributed by atoms with Gasteiger partial charge >= 0.3 is 6.01 Å². The van der Waals surface area contributed by atoms with Crippen molar-refractivity contribution in [3.05, 3.63) is 59.4 Å². The first-order chi connectivity index (χ1) is 16.7. The minimum absolute atomic E-state index is 0.229. The summed E-state index contributed by atoms with van der Waals surface area (Å²) in [6.45, 7) is 12.1. The van der Waals surface area contributed by atoms with Gasteiger partial charge < -0.3 is 14.5 Å². The second kappa shape index (κ2) is 10.3. The number of piperazine rings is 1. The Labute approximate surface area is 207 Å². The summed E-state index contributed by atoms with van der Waals surface area (Å²) in [7, 11) is -1.59. The van der Waals surface area contributed by atoms with Gasteiger partial charge in [-0.3, -0.25) is 4.57 Å². The highest BCUT2D eigenvalue weighted by Gasteiger charge is 2.24. The van der Waals surface area contributed by atoms with Crippen molar-refractivity contribution in [2.45, 2.75) is 45.2 Å². The maximum Gasteiger partial charge on any atom is 0.322 e. The monoisotopic (exact) mass is 498 g/mol. The lowest BCUT2D eigenvalue weighted by Gasteiger charge is -2.34. The van der Waals surface area contributed by atoms with Gasteiger partial charge in [0.15, 0.2) is 5.82 Å². The van der Waals surface area contributed by atoms with Crippen LogP contribution >= 0.6 is 0 Å². The smallest absolute Gasteiger partial charge is 0.322 e. The third kappa shape index (κ3) is 5.66. The Balaban J connectivity index is 1.51. The molecule has 9 nitrogen and oxygen atoms in total. The third-order valence-electron chi connectivity index (χ3n) is 6.46. The lowest BCUT2D eigenvalue weighted by molar-refractivity contribution is 0.312. The topological polar surface area (TPSA) is 92.6 Å². The molecule has 1 fully saturated rings. The molecule has 0 unspecified atom stereocenters. The van der Waals surface area contributed by atoms with Crippen molar-refractivity contribution in [2.75, 3.05) is 38.1 Å². The molecule has 0 saturated carbocycles. The van der Waals surface area contributed by atoms with Crippen LogP contribution in [0.3, 0.4) is 0 Å². The Morgan fingerprint density at radius 1 is 1.03 bits per heavy atom. The van der Waals surface area contributed by atoms with E-state index in [1.54, 1.807) is 23.6 Å². The van der Waals surface area contributed by atoms with E-state index in [0.717, 1.165) is 43.0 Å². The molecule has 4 rings (SSSR count). The second-order valence-corrected chi connectivity index (χ2v) is 10.8. The summed E-state index contributed by atoms with van der Waals surface area (Å²) in [6, 6.07) is 12.8. The number of anilines is 1. The zero-order valence-electron chi connectivity index (χ0n) is 21.0.